The Kier molecular flexibility index (Phi) is 6.81. The highest BCUT2D eigenvalue weighted by molar-refractivity contribution is 5.86. The van der Waals surface area contributed by atoms with Gasteiger partial charge < -0.3 is 39.9 Å². The maximum atomic E-state index is 12.5. The second kappa shape index (κ2) is 10.2. The van der Waals surface area contributed by atoms with Gasteiger partial charge in [-0.25, -0.2) is 15.0 Å². The van der Waals surface area contributed by atoms with Crippen molar-refractivity contribution in [3.8, 4) is 5.75 Å². The molecular weight excluding hydrogens is 531 g/mol. The van der Waals surface area contributed by atoms with Crippen LogP contribution in [0.15, 0.2) is 36.8 Å². The van der Waals surface area contributed by atoms with Crippen molar-refractivity contribution < 1.29 is 32.9 Å². The highest BCUT2D eigenvalue weighted by Crippen LogP contribution is 2.37. The van der Waals surface area contributed by atoms with Gasteiger partial charge in [0, 0.05) is 31.3 Å². The fraction of sp³-hybridized carbons (Fsp3) is 0.500. The largest absolute Gasteiger partial charge is 0.573 e. The number of alkyl halides is 3. The average Bonchev–Trinajstić information content (AvgIpc) is 3.54. The molecule has 4 aromatic rings. The zero-order valence-corrected chi connectivity index (χ0v) is 21.6. The van der Waals surface area contributed by atoms with Crippen LogP contribution in [-0.2, 0) is 11.2 Å². The number of aromatic nitrogens is 5. The van der Waals surface area contributed by atoms with Crippen molar-refractivity contribution >= 4 is 27.9 Å². The van der Waals surface area contributed by atoms with Gasteiger partial charge in [-0.1, -0.05) is 0 Å². The van der Waals surface area contributed by atoms with Crippen molar-refractivity contribution in [3.05, 3.63) is 42.6 Å². The highest BCUT2D eigenvalue weighted by atomic mass is 19.4. The number of H-pyrrole nitrogens is 1. The van der Waals surface area contributed by atoms with Crippen LogP contribution in [0.25, 0.3) is 22.1 Å². The van der Waals surface area contributed by atoms with Crippen LogP contribution in [0.4, 0.5) is 19.0 Å². The van der Waals surface area contributed by atoms with Gasteiger partial charge in [-0.3, -0.25) is 0 Å². The second-order valence-electron chi connectivity index (χ2n) is 10.6. The van der Waals surface area contributed by atoms with Crippen molar-refractivity contribution in [2.75, 3.05) is 19.3 Å². The molecule has 214 valence electrons. The lowest BCUT2D eigenvalue weighted by Gasteiger charge is -2.42. The van der Waals surface area contributed by atoms with E-state index >= 15 is 0 Å². The van der Waals surface area contributed by atoms with Crippen molar-refractivity contribution in [3.63, 3.8) is 0 Å². The van der Waals surface area contributed by atoms with Gasteiger partial charge in [0.15, 0.2) is 6.23 Å². The number of nitrogens with two attached hydrogens (primary N) is 1. The molecule has 2 fully saturated rings. The second-order valence-corrected chi connectivity index (χ2v) is 10.6. The summed E-state index contributed by atoms with van der Waals surface area (Å²) in [6, 6.07) is 6.15. The smallest absolute Gasteiger partial charge is 0.406 e. The molecule has 1 saturated heterocycles. The number of nitrogen functional groups attached to an aromatic ring is 1. The van der Waals surface area contributed by atoms with Gasteiger partial charge in [0.2, 0.25) is 0 Å². The Morgan fingerprint density at radius 1 is 1.20 bits per heavy atom. The first-order valence-corrected chi connectivity index (χ1v) is 13.1. The number of nitrogens with one attached hydrogen (secondary N) is 1. The predicted molar refractivity (Wildman–Crippen MR) is 138 cm³/mol. The van der Waals surface area contributed by atoms with E-state index in [0.29, 0.717) is 52.8 Å². The Balaban J connectivity index is 0.999. The normalized spacial score (nSPS) is 27.1. The van der Waals surface area contributed by atoms with Gasteiger partial charge in [-0.15, -0.1) is 13.2 Å². The quantitative estimate of drug-likeness (QED) is 0.255. The van der Waals surface area contributed by atoms with Crippen LogP contribution in [0, 0.1) is 5.92 Å². The number of hydrogen-bond acceptors (Lipinski definition) is 9. The molecule has 0 bridgehead atoms. The molecule has 0 radical (unpaired) electrons. The summed E-state index contributed by atoms with van der Waals surface area (Å²) in [4.78, 5) is 18.0. The molecule has 1 aliphatic heterocycles. The number of aryl methyl sites for hydroxylation is 1. The molecule has 4 atom stereocenters. The zero-order valence-electron chi connectivity index (χ0n) is 21.6. The number of aliphatic hydroxyl groups is 2. The van der Waals surface area contributed by atoms with Gasteiger partial charge in [0.25, 0.3) is 0 Å². The predicted octanol–water partition coefficient (Wildman–Crippen LogP) is 2.75. The molecule has 0 spiro atoms. The molecule has 11 nitrogen and oxygen atoms in total. The van der Waals surface area contributed by atoms with Crippen molar-refractivity contribution in [1.82, 2.24) is 29.4 Å². The average molecular weight is 562 g/mol. The fourth-order valence-corrected chi connectivity index (χ4v) is 5.73. The number of aromatic amines is 1. The molecule has 0 amide bonds. The number of nitrogens with zero attached hydrogens (tertiary/aromatic N) is 5. The standard InChI is InChI=1S/C26H30F3N7O4/c1-35(11-19-21(37)22(38)25(39-19)36-7-6-16-23(30)31-12-32-24(16)36)14-8-13(9-14)2-5-20-33-17-4-3-15(10-18(17)34-20)40-26(27,28)29/h3-4,6-7,10,12-14,19,21-22,25,37-38H,2,5,8-9,11H2,1H3,(H,33,34)(H2,30,31,32)/t13-,14+,19-,21-,22-,25-/m1/s1. The summed E-state index contributed by atoms with van der Waals surface area (Å²) in [5.74, 6) is 1.24. The number of aliphatic hydroxyl groups excluding tert-OH is 2. The van der Waals surface area contributed by atoms with E-state index in [9.17, 15) is 23.4 Å². The van der Waals surface area contributed by atoms with E-state index in [1.165, 1.54) is 24.5 Å². The Bertz CT molecular complexity index is 1500. The lowest BCUT2D eigenvalue weighted by atomic mass is 9.76. The number of imidazole rings is 1. The Morgan fingerprint density at radius 2 is 2.00 bits per heavy atom. The lowest BCUT2D eigenvalue weighted by molar-refractivity contribution is -0.274. The van der Waals surface area contributed by atoms with Crippen LogP contribution in [0.2, 0.25) is 0 Å². The van der Waals surface area contributed by atoms with Crippen LogP contribution in [-0.4, -0.2) is 83.9 Å². The van der Waals surface area contributed by atoms with E-state index in [1.807, 2.05) is 7.05 Å². The number of benzene rings is 1. The minimum absolute atomic E-state index is 0.293. The monoisotopic (exact) mass is 561 g/mol. The molecule has 1 saturated carbocycles. The van der Waals surface area contributed by atoms with E-state index in [-0.39, 0.29) is 5.75 Å². The van der Waals surface area contributed by atoms with Crippen molar-refractivity contribution in [2.45, 2.75) is 62.6 Å². The zero-order chi connectivity index (χ0) is 28.2. The van der Waals surface area contributed by atoms with E-state index in [4.69, 9.17) is 10.5 Å². The molecule has 3 aromatic heterocycles. The maximum Gasteiger partial charge on any atom is 0.573 e. The number of hydrogen-bond donors (Lipinski definition) is 4. The topological polar surface area (TPSA) is 148 Å². The number of likely N-dealkylation sites (N-methyl/N-ethyl adjacent to an activating group) is 1. The van der Waals surface area contributed by atoms with Gasteiger partial charge in [-0.2, -0.15) is 0 Å². The van der Waals surface area contributed by atoms with Crippen LogP contribution in [0.3, 0.4) is 0 Å². The van der Waals surface area contributed by atoms with Gasteiger partial charge >= 0.3 is 6.36 Å². The number of fused-ring (bicyclic) bond motifs is 2. The molecule has 14 heteroatoms. The molecule has 2 aliphatic rings. The minimum Gasteiger partial charge on any atom is -0.406 e. The number of rotatable bonds is 8. The summed E-state index contributed by atoms with van der Waals surface area (Å²) in [7, 11) is 1.98. The summed E-state index contributed by atoms with van der Waals surface area (Å²) in [5.41, 5.74) is 7.54. The first kappa shape index (κ1) is 26.7. The van der Waals surface area contributed by atoms with E-state index in [2.05, 4.69) is 29.6 Å². The molecule has 1 aromatic carbocycles. The van der Waals surface area contributed by atoms with Crippen LogP contribution < -0.4 is 10.5 Å². The van der Waals surface area contributed by atoms with Crippen LogP contribution in [0.5, 0.6) is 5.75 Å². The van der Waals surface area contributed by atoms with E-state index in [1.54, 1.807) is 16.8 Å². The maximum absolute atomic E-state index is 12.5. The molecule has 4 heterocycles. The first-order chi connectivity index (χ1) is 19.1. The Hall–Kier alpha value is -3.46. The summed E-state index contributed by atoms with van der Waals surface area (Å²) >= 11 is 0. The van der Waals surface area contributed by atoms with Gasteiger partial charge in [0.1, 0.15) is 47.7 Å². The third kappa shape index (κ3) is 5.19. The lowest BCUT2D eigenvalue weighted by Crippen LogP contribution is -2.47. The summed E-state index contributed by atoms with van der Waals surface area (Å²) < 4.78 is 49.2. The summed E-state index contributed by atoms with van der Waals surface area (Å²) in [6.45, 7) is 0.453. The minimum atomic E-state index is -4.74. The third-order valence-electron chi connectivity index (χ3n) is 7.98. The summed E-state index contributed by atoms with van der Waals surface area (Å²) in [6.07, 6.45) is -1.73. The van der Waals surface area contributed by atoms with E-state index < -0.39 is 30.9 Å². The SMILES string of the molecule is CN(C[C@H]1O[C@@H](n2ccc3c(N)ncnc32)[C@H](O)[C@@H]1O)[C@H]1C[C@@H](CCc2nc3cc(OC(F)(F)F)ccc3[nH]2)C1. The first-order valence-electron chi connectivity index (χ1n) is 13.1. The fourth-order valence-electron chi connectivity index (χ4n) is 5.73. The summed E-state index contributed by atoms with van der Waals surface area (Å²) in [5, 5.41) is 22.1. The molecule has 0 unspecified atom stereocenters. The van der Waals surface area contributed by atoms with Crippen molar-refractivity contribution in [1.29, 1.82) is 0 Å². The van der Waals surface area contributed by atoms with Crippen LogP contribution >= 0.6 is 0 Å². The Morgan fingerprint density at radius 3 is 2.77 bits per heavy atom. The number of anilines is 1. The Labute approximate surface area is 226 Å². The molecule has 40 heavy (non-hydrogen) atoms. The van der Waals surface area contributed by atoms with Crippen LogP contribution in [0.1, 0.15) is 31.3 Å². The van der Waals surface area contributed by atoms with Gasteiger partial charge in [0.05, 0.1) is 16.4 Å². The van der Waals surface area contributed by atoms with E-state index in [0.717, 1.165) is 25.1 Å². The molecular formula is C26H30F3N7O4. The highest BCUT2D eigenvalue weighted by Gasteiger charge is 2.45. The number of ether oxygens (including phenoxy) is 2. The molecule has 1 aliphatic carbocycles. The number of halogens is 3. The van der Waals surface area contributed by atoms with Crippen molar-refractivity contribution in [2.24, 2.45) is 5.92 Å². The molecule has 6 rings (SSSR count). The molecule has 5 N–H and O–H groups in total. The third-order valence-corrected chi connectivity index (χ3v) is 7.98. The van der Waals surface area contributed by atoms with Gasteiger partial charge in [-0.05, 0) is 50.4 Å².